The van der Waals surface area contributed by atoms with Gasteiger partial charge in [-0.3, -0.25) is 4.79 Å². The minimum atomic E-state index is -3.88. The van der Waals surface area contributed by atoms with Crippen LogP contribution in [0.4, 0.5) is 4.39 Å². The standard InChI is InChI=1S/C26H19FN2O3S2/c27-21-9-5-18(6-10-21)15-28-26(30)19-7-11-22(12-8-19)34(31,32)29-16-24(20-13-14-33-17-20)23-3-1-2-4-25(23)29/h1-14,16-17H,15H2,(H,28,30). The average molecular weight is 491 g/mol. The van der Waals surface area contributed by atoms with Crippen LogP contribution in [-0.2, 0) is 16.6 Å². The molecule has 0 bridgehead atoms. The van der Waals surface area contributed by atoms with Crippen molar-refractivity contribution in [2.45, 2.75) is 11.4 Å². The van der Waals surface area contributed by atoms with E-state index in [0.717, 1.165) is 22.1 Å². The first-order chi connectivity index (χ1) is 16.4. The Morgan fingerprint density at radius 2 is 1.68 bits per heavy atom. The summed E-state index contributed by atoms with van der Waals surface area (Å²) in [6, 6.07) is 21.0. The maximum atomic E-state index is 13.5. The molecular formula is C26H19FN2O3S2. The van der Waals surface area contributed by atoms with E-state index in [1.807, 2.05) is 29.0 Å². The summed E-state index contributed by atoms with van der Waals surface area (Å²) in [7, 11) is -3.88. The minimum Gasteiger partial charge on any atom is -0.348 e. The first-order valence-corrected chi connectivity index (χ1v) is 12.8. The molecule has 170 valence electrons. The second-order valence-electron chi connectivity index (χ2n) is 7.71. The number of amides is 1. The molecule has 2 aromatic heterocycles. The molecule has 0 unspecified atom stereocenters. The van der Waals surface area contributed by atoms with E-state index in [1.54, 1.807) is 41.8 Å². The van der Waals surface area contributed by atoms with Gasteiger partial charge in [-0.1, -0.05) is 30.3 Å². The van der Waals surface area contributed by atoms with Gasteiger partial charge in [0.1, 0.15) is 5.82 Å². The van der Waals surface area contributed by atoms with Crippen molar-refractivity contribution in [1.82, 2.24) is 9.29 Å². The Balaban J connectivity index is 1.41. The number of nitrogens with zero attached hydrogens (tertiary/aromatic N) is 1. The summed E-state index contributed by atoms with van der Waals surface area (Å²) < 4.78 is 41.3. The van der Waals surface area contributed by atoms with E-state index in [2.05, 4.69) is 5.32 Å². The zero-order chi connectivity index (χ0) is 23.7. The third-order valence-corrected chi connectivity index (χ3v) is 7.92. The molecule has 0 fully saturated rings. The van der Waals surface area contributed by atoms with Crippen LogP contribution in [0.1, 0.15) is 15.9 Å². The zero-order valence-corrected chi connectivity index (χ0v) is 19.4. The fourth-order valence-corrected chi connectivity index (χ4v) is 5.80. The SMILES string of the molecule is O=C(NCc1ccc(F)cc1)c1ccc(S(=O)(=O)n2cc(-c3ccsc3)c3ccccc32)cc1. The second-order valence-corrected chi connectivity index (χ2v) is 10.3. The third kappa shape index (κ3) is 4.13. The number of hydrogen-bond donors (Lipinski definition) is 1. The molecule has 5 rings (SSSR count). The van der Waals surface area contributed by atoms with Gasteiger partial charge in [-0.15, -0.1) is 0 Å². The topological polar surface area (TPSA) is 68.2 Å². The lowest BCUT2D eigenvalue weighted by Gasteiger charge is -2.09. The van der Waals surface area contributed by atoms with Crippen LogP contribution in [0.2, 0.25) is 0 Å². The fraction of sp³-hybridized carbons (Fsp3) is 0.0385. The largest absolute Gasteiger partial charge is 0.348 e. The molecule has 3 aromatic carbocycles. The lowest BCUT2D eigenvalue weighted by Crippen LogP contribution is -2.22. The molecule has 5 aromatic rings. The Hall–Kier alpha value is -3.75. The summed E-state index contributed by atoms with van der Waals surface area (Å²) in [5.74, 6) is -0.691. The molecule has 0 saturated heterocycles. The van der Waals surface area contributed by atoms with E-state index in [1.165, 1.54) is 40.4 Å². The number of aromatic nitrogens is 1. The van der Waals surface area contributed by atoms with Crippen LogP contribution in [0.25, 0.3) is 22.0 Å². The summed E-state index contributed by atoms with van der Waals surface area (Å²) in [4.78, 5) is 12.6. The lowest BCUT2D eigenvalue weighted by molar-refractivity contribution is 0.0951. The van der Waals surface area contributed by atoms with Crippen molar-refractivity contribution in [3.8, 4) is 11.1 Å². The molecular weight excluding hydrogens is 471 g/mol. The summed E-state index contributed by atoms with van der Waals surface area (Å²) >= 11 is 1.55. The summed E-state index contributed by atoms with van der Waals surface area (Å²) in [6.45, 7) is 0.236. The maximum absolute atomic E-state index is 13.5. The molecule has 5 nitrogen and oxygen atoms in total. The predicted octanol–water partition coefficient (Wildman–Crippen LogP) is 5.68. The highest BCUT2D eigenvalue weighted by Gasteiger charge is 2.22. The molecule has 0 saturated carbocycles. The zero-order valence-electron chi connectivity index (χ0n) is 17.8. The number of para-hydroxylation sites is 1. The summed E-state index contributed by atoms with van der Waals surface area (Å²) in [6.07, 6.45) is 1.64. The van der Waals surface area contributed by atoms with E-state index < -0.39 is 10.0 Å². The van der Waals surface area contributed by atoms with Gasteiger partial charge in [0.05, 0.1) is 10.4 Å². The van der Waals surface area contributed by atoms with Crippen LogP contribution in [0.5, 0.6) is 0 Å². The smallest absolute Gasteiger partial charge is 0.268 e. The quantitative estimate of drug-likeness (QED) is 0.333. The minimum absolute atomic E-state index is 0.0835. The van der Waals surface area contributed by atoms with Gasteiger partial charge < -0.3 is 5.32 Å². The van der Waals surface area contributed by atoms with Gasteiger partial charge in [-0.2, -0.15) is 11.3 Å². The highest BCUT2D eigenvalue weighted by atomic mass is 32.2. The van der Waals surface area contributed by atoms with E-state index in [4.69, 9.17) is 0 Å². The normalized spacial score (nSPS) is 11.6. The lowest BCUT2D eigenvalue weighted by atomic mass is 10.1. The number of rotatable bonds is 6. The van der Waals surface area contributed by atoms with Crippen molar-refractivity contribution < 1.29 is 17.6 Å². The Labute approximate surface area is 200 Å². The molecule has 1 N–H and O–H groups in total. The first kappa shape index (κ1) is 22.1. The molecule has 2 heterocycles. The van der Waals surface area contributed by atoms with E-state index in [9.17, 15) is 17.6 Å². The van der Waals surface area contributed by atoms with Crippen molar-refractivity contribution in [2.75, 3.05) is 0 Å². The number of thiophene rings is 1. The number of carbonyl (C=O) groups excluding carboxylic acids is 1. The van der Waals surface area contributed by atoms with Gasteiger partial charge in [0, 0.05) is 29.3 Å². The van der Waals surface area contributed by atoms with Gasteiger partial charge in [0.25, 0.3) is 15.9 Å². The molecule has 34 heavy (non-hydrogen) atoms. The Kier molecular flexibility index (Phi) is 5.77. The number of carbonyl (C=O) groups is 1. The predicted molar refractivity (Wildman–Crippen MR) is 132 cm³/mol. The van der Waals surface area contributed by atoms with Crippen LogP contribution in [0.15, 0.2) is 101 Å². The van der Waals surface area contributed by atoms with Crippen molar-refractivity contribution in [1.29, 1.82) is 0 Å². The highest BCUT2D eigenvalue weighted by Crippen LogP contribution is 2.34. The van der Waals surface area contributed by atoms with E-state index >= 15 is 0 Å². The number of fused-ring (bicyclic) bond motifs is 1. The van der Waals surface area contributed by atoms with Crippen LogP contribution in [0.3, 0.4) is 0 Å². The number of benzene rings is 3. The summed E-state index contributed by atoms with van der Waals surface area (Å²) in [5.41, 5.74) is 3.48. The Morgan fingerprint density at radius 1 is 0.941 bits per heavy atom. The van der Waals surface area contributed by atoms with Gasteiger partial charge in [0.2, 0.25) is 0 Å². The van der Waals surface area contributed by atoms with E-state index in [-0.39, 0.29) is 23.2 Å². The van der Waals surface area contributed by atoms with Crippen LogP contribution in [-0.4, -0.2) is 18.3 Å². The molecule has 8 heteroatoms. The molecule has 0 atom stereocenters. The van der Waals surface area contributed by atoms with Crippen LogP contribution in [0, 0.1) is 5.82 Å². The molecule has 0 spiro atoms. The molecule has 0 aliphatic carbocycles. The van der Waals surface area contributed by atoms with Gasteiger partial charge in [-0.05, 0) is 70.4 Å². The van der Waals surface area contributed by atoms with Gasteiger partial charge >= 0.3 is 0 Å². The van der Waals surface area contributed by atoms with Crippen LogP contribution < -0.4 is 5.32 Å². The van der Waals surface area contributed by atoms with Gasteiger partial charge in [-0.25, -0.2) is 16.8 Å². The van der Waals surface area contributed by atoms with Crippen molar-refractivity contribution in [3.63, 3.8) is 0 Å². The molecule has 0 aliphatic rings. The van der Waals surface area contributed by atoms with Crippen LogP contribution >= 0.6 is 11.3 Å². The molecule has 1 amide bonds. The maximum Gasteiger partial charge on any atom is 0.268 e. The monoisotopic (exact) mass is 490 g/mol. The average Bonchev–Trinajstić information content (AvgIpc) is 3.52. The highest BCUT2D eigenvalue weighted by molar-refractivity contribution is 7.90. The molecule has 0 aliphatic heterocycles. The number of hydrogen-bond acceptors (Lipinski definition) is 4. The third-order valence-electron chi connectivity index (χ3n) is 5.55. The van der Waals surface area contributed by atoms with Crippen molar-refractivity contribution in [2.24, 2.45) is 0 Å². The number of nitrogens with one attached hydrogen (secondary N) is 1. The number of halogens is 1. The van der Waals surface area contributed by atoms with E-state index in [0.29, 0.717) is 11.1 Å². The van der Waals surface area contributed by atoms with Crippen molar-refractivity contribution >= 4 is 38.2 Å². The summed E-state index contributed by atoms with van der Waals surface area (Å²) in [5, 5.41) is 7.54. The molecule has 0 radical (unpaired) electrons. The van der Waals surface area contributed by atoms with Gasteiger partial charge in [0.15, 0.2) is 0 Å². The Bertz CT molecular complexity index is 1570. The Morgan fingerprint density at radius 3 is 2.38 bits per heavy atom. The van der Waals surface area contributed by atoms with Crippen molar-refractivity contribution in [3.05, 3.63) is 113 Å². The first-order valence-electron chi connectivity index (χ1n) is 10.4. The second kappa shape index (κ2) is 8.89. The fourth-order valence-electron chi connectivity index (χ4n) is 3.78.